The second-order valence-electron chi connectivity index (χ2n) is 11.8. The first kappa shape index (κ1) is 30.5. The number of benzene rings is 2. The van der Waals surface area contributed by atoms with Gasteiger partial charge in [0.2, 0.25) is 5.91 Å². The third kappa shape index (κ3) is 5.16. The van der Waals surface area contributed by atoms with E-state index < -0.39 is 22.3 Å². The lowest BCUT2D eigenvalue weighted by molar-refractivity contribution is -0.168. The number of carbonyl (C=O) groups is 3. The highest BCUT2D eigenvalue weighted by atomic mass is 127. The molecule has 9 heteroatoms. The highest BCUT2D eigenvalue weighted by Crippen LogP contribution is 2.54. The number of hydrogen-bond donors (Lipinski definition) is 1. The van der Waals surface area contributed by atoms with Crippen LogP contribution in [0, 0.1) is 10.8 Å². The Kier molecular flexibility index (Phi) is 8.97. The van der Waals surface area contributed by atoms with Gasteiger partial charge >= 0.3 is 0 Å². The molecule has 0 aromatic heterocycles. The van der Waals surface area contributed by atoms with Gasteiger partial charge in [0.1, 0.15) is 17.9 Å². The molecule has 2 aromatic rings. The summed E-state index contributed by atoms with van der Waals surface area (Å²) in [5, 5.41) is 2.52. The number of rotatable bonds is 6. The lowest BCUT2D eigenvalue weighted by Gasteiger charge is -2.57. The van der Waals surface area contributed by atoms with Crippen molar-refractivity contribution in [3.8, 4) is 5.75 Å². The third-order valence-electron chi connectivity index (χ3n) is 9.41. The molecule has 3 amide bonds. The Bertz CT molecular complexity index is 1270. The molecular weight excluding hydrogens is 621 g/mol. The largest absolute Gasteiger partial charge is 0.489 e. The van der Waals surface area contributed by atoms with Crippen molar-refractivity contribution in [2.45, 2.75) is 59.9 Å². The van der Waals surface area contributed by atoms with E-state index in [9.17, 15) is 14.4 Å². The Labute approximate surface area is 250 Å². The van der Waals surface area contributed by atoms with Gasteiger partial charge in [-0.1, -0.05) is 80.6 Å². The number of amides is 3. The minimum Gasteiger partial charge on any atom is -0.489 e. The van der Waals surface area contributed by atoms with Crippen LogP contribution < -0.4 is 10.1 Å². The summed E-state index contributed by atoms with van der Waals surface area (Å²) in [6, 6.07) is 13.9. The summed E-state index contributed by atoms with van der Waals surface area (Å²) in [7, 11) is 0. The lowest BCUT2D eigenvalue weighted by Crippen LogP contribution is -2.75. The number of morpholine rings is 1. The number of hydrogen-bond acceptors (Lipinski definition) is 6. The van der Waals surface area contributed by atoms with Gasteiger partial charge in [-0.05, 0) is 35.1 Å². The minimum atomic E-state index is -1.23. The summed E-state index contributed by atoms with van der Waals surface area (Å²) in [5.41, 5.74) is 0.673. The van der Waals surface area contributed by atoms with Gasteiger partial charge in [-0.15, -0.1) is 0 Å². The topological polar surface area (TPSA) is 88.2 Å². The Morgan fingerprint density at radius 3 is 2.17 bits per heavy atom. The van der Waals surface area contributed by atoms with Crippen LogP contribution in [0.15, 0.2) is 42.5 Å². The molecule has 8 nitrogen and oxygen atoms in total. The predicted octanol–water partition coefficient (Wildman–Crippen LogP) is 4.57. The van der Waals surface area contributed by atoms with Gasteiger partial charge in [0, 0.05) is 36.2 Å². The SMILES string of the molecule is CC1(C)C(=O)NC(=O)C(C)(N2Cc3c(OCc4ccc(CN5CCOCC5)cc4)cccc3C2=O)C1(C)C.CI. The van der Waals surface area contributed by atoms with Crippen LogP contribution in [0.3, 0.4) is 0 Å². The van der Waals surface area contributed by atoms with Crippen LogP contribution in [0.1, 0.15) is 61.7 Å². The van der Waals surface area contributed by atoms with Crippen molar-refractivity contribution >= 4 is 40.3 Å². The Morgan fingerprint density at radius 2 is 1.52 bits per heavy atom. The van der Waals surface area contributed by atoms with Crippen LogP contribution in [-0.4, -0.2) is 64.3 Å². The molecule has 0 aliphatic carbocycles. The number of piperidine rings is 1. The highest BCUT2D eigenvalue weighted by Gasteiger charge is 2.66. The van der Waals surface area contributed by atoms with E-state index in [-0.39, 0.29) is 18.4 Å². The molecule has 0 radical (unpaired) electrons. The molecule has 2 fully saturated rings. The quantitative estimate of drug-likeness (QED) is 0.278. The highest BCUT2D eigenvalue weighted by molar-refractivity contribution is 14.1. The molecule has 0 saturated carbocycles. The van der Waals surface area contributed by atoms with Crippen LogP contribution in [0.2, 0.25) is 0 Å². The monoisotopic (exact) mass is 661 g/mol. The van der Waals surface area contributed by atoms with Gasteiger partial charge in [0.05, 0.1) is 25.2 Å². The second kappa shape index (κ2) is 11.8. The molecule has 216 valence electrons. The average molecular weight is 662 g/mol. The molecule has 3 aliphatic rings. The fourth-order valence-corrected chi connectivity index (χ4v) is 5.74. The van der Waals surface area contributed by atoms with E-state index in [4.69, 9.17) is 9.47 Å². The zero-order chi connectivity index (χ0) is 29.3. The number of nitrogens with zero attached hydrogens (tertiary/aromatic N) is 2. The zero-order valence-corrected chi connectivity index (χ0v) is 26.5. The normalized spacial score (nSPS) is 23.7. The van der Waals surface area contributed by atoms with Gasteiger partial charge in [-0.25, -0.2) is 0 Å². The van der Waals surface area contributed by atoms with Crippen LogP contribution in [0.25, 0.3) is 0 Å². The van der Waals surface area contributed by atoms with Crippen molar-refractivity contribution in [1.29, 1.82) is 0 Å². The molecule has 2 aromatic carbocycles. The maximum Gasteiger partial charge on any atom is 0.255 e. The fourth-order valence-electron chi connectivity index (χ4n) is 5.74. The van der Waals surface area contributed by atoms with Gasteiger partial charge < -0.3 is 14.4 Å². The van der Waals surface area contributed by atoms with Gasteiger partial charge in [0.25, 0.3) is 11.8 Å². The predicted molar refractivity (Wildman–Crippen MR) is 162 cm³/mol. The third-order valence-corrected chi connectivity index (χ3v) is 9.41. The lowest BCUT2D eigenvalue weighted by atomic mass is 9.54. The summed E-state index contributed by atoms with van der Waals surface area (Å²) >= 11 is 2.15. The molecule has 3 heterocycles. The molecule has 5 rings (SSSR count). The maximum atomic E-state index is 13.6. The van der Waals surface area contributed by atoms with E-state index in [2.05, 4.69) is 57.1 Å². The number of fused-ring (bicyclic) bond motifs is 1. The fraction of sp³-hybridized carbons (Fsp3) is 0.516. The first-order valence-electron chi connectivity index (χ1n) is 13.6. The molecule has 0 spiro atoms. The summed E-state index contributed by atoms with van der Waals surface area (Å²) < 4.78 is 11.6. The Morgan fingerprint density at radius 1 is 0.900 bits per heavy atom. The average Bonchev–Trinajstić information content (AvgIpc) is 3.30. The summed E-state index contributed by atoms with van der Waals surface area (Å²) in [4.78, 5) is 45.6. The van der Waals surface area contributed by atoms with Crippen molar-refractivity contribution in [3.63, 3.8) is 0 Å². The van der Waals surface area contributed by atoms with Gasteiger partial charge in [-0.2, -0.15) is 0 Å². The van der Waals surface area contributed by atoms with Crippen LogP contribution in [0.5, 0.6) is 5.75 Å². The summed E-state index contributed by atoms with van der Waals surface area (Å²) in [5.74, 6) is -0.376. The van der Waals surface area contributed by atoms with E-state index >= 15 is 0 Å². The minimum absolute atomic E-state index is 0.228. The molecule has 1 unspecified atom stereocenters. The first-order valence-corrected chi connectivity index (χ1v) is 15.8. The zero-order valence-electron chi connectivity index (χ0n) is 24.3. The maximum absolute atomic E-state index is 13.6. The first-order chi connectivity index (χ1) is 19.0. The Balaban J connectivity index is 0.00000181. The number of carbonyl (C=O) groups excluding carboxylic acids is 3. The molecule has 0 bridgehead atoms. The number of alkyl halides is 1. The number of halogens is 1. The van der Waals surface area contributed by atoms with Crippen LogP contribution in [0.4, 0.5) is 0 Å². The van der Waals surface area contributed by atoms with Crippen molar-refractivity contribution in [2.75, 3.05) is 31.2 Å². The van der Waals surface area contributed by atoms with Crippen LogP contribution in [-0.2, 0) is 34.0 Å². The smallest absolute Gasteiger partial charge is 0.255 e. The summed E-state index contributed by atoms with van der Waals surface area (Å²) in [6.45, 7) is 14.2. The molecule has 3 aliphatic heterocycles. The van der Waals surface area contributed by atoms with E-state index in [1.807, 2.05) is 44.8 Å². The molecular formula is C31H40IN3O5. The van der Waals surface area contributed by atoms with Gasteiger partial charge in [0.15, 0.2) is 0 Å². The summed E-state index contributed by atoms with van der Waals surface area (Å²) in [6.07, 6.45) is 0. The van der Waals surface area contributed by atoms with Gasteiger partial charge in [-0.3, -0.25) is 24.6 Å². The Hall–Kier alpha value is -2.50. The second-order valence-corrected chi connectivity index (χ2v) is 11.8. The van der Waals surface area contributed by atoms with E-state index in [0.29, 0.717) is 17.9 Å². The molecule has 40 heavy (non-hydrogen) atoms. The number of nitrogens with one attached hydrogen (secondary N) is 1. The standard InChI is InChI=1S/C30H37N3O5.CH3I/c1-28(2)26(35)31-27(36)30(5,29(28,3)4)33-18-23-22(25(33)34)7-6-8-24(23)38-19-21-11-9-20(10-12-21)17-32-13-15-37-16-14-32;1-2/h6-12H,13-19H2,1-5H3,(H,31,35,36);1H3. The molecule has 2 saturated heterocycles. The van der Waals surface area contributed by atoms with Crippen LogP contribution >= 0.6 is 22.6 Å². The van der Waals surface area contributed by atoms with E-state index in [0.717, 1.165) is 44.0 Å². The van der Waals surface area contributed by atoms with Crippen molar-refractivity contribution < 1.29 is 23.9 Å². The van der Waals surface area contributed by atoms with Crippen molar-refractivity contribution in [1.82, 2.24) is 15.1 Å². The molecule has 1 atom stereocenters. The van der Waals surface area contributed by atoms with E-state index in [1.165, 1.54) is 5.56 Å². The van der Waals surface area contributed by atoms with Crippen molar-refractivity contribution in [2.24, 2.45) is 10.8 Å². The number of imide groups is 1. The van der Waals surface area contributed by atoms with Crippen molar-refractivity contribution in [3.05, 3.63) is 64.7 Å². The number of ether oxygens (including phenoxy) is 2. The molecule has 1 N–H and O–H groups in total. The van der Waals surface area contributed by atoms with E-state index in [1.54, 1.807) is 17.9 Å².